The summed E-state index contributed by atoms with van der Waals surface area (Å²) in [5.41, 5.74) is -0.277. The molecule has 0 N–H and O–H groups in total. The van der Waals surface area contributed by atoms with Crippen molar-refractivity contribution in [3.63, 3.8) is 0 Å². The van der Waals surface area contributed by atoms with Gasteiger partial charge >= 0.3 is 11.9 Å². The molecular formula is C12H11ClO4. The van der Waals surface area contributed by atoms with E-state index in [-0.39, 0.29) is 6.42 Å². The number of hydrogen-bond acceptors (Lipinski definition) is 4. The summed E-state index contributed by atoms with van der Waals surface area (Å²) < 4.78 is 9.77. The molecule has 5 heteroatoms. The number of fused-ring (bicyclic) bond motifs is 1. The van der Waals surface area contributed by atoms with Crippen LogP contribution in [0.5, 0.6) is 0 Å². The van der Waals surface area contributed by atoms with Crippen LogP contribution in [0.15, 0.2) is 18.2 Å². The van der Waals surface area contributed by atoms with Crippen molar-refractivity contribution >= 4 is 23.5 Å². The van der Waals surface area contributed by atoms with E-state index in [2.05, 4.69) is 4.74 Å². The Balaban J connectivity index is 2.49. The molecule has 90 valence electrons. The number of esters is 2. The molecule has 1 aromatic rings. The second-order valence-corrected chi connectivity index (χ2v) is 4.46. The molecule has 1 heterocycles. The Labute approximate surface area is 103 Å². The van der Waals surface area contributed by atoms with E-state index in [1.165, 1.54) is 14.0 Å². The van der Waals surface area contributed by atoms with Gasteiger partial charge in [0.1, 0.15) is 0 Å². The summed E-state index contributed by atoms with van der Waals surface area (Å²) in [6.07, 6.45) is 0.223. The molecule has 0 fully saturated rings. The average Bonchev–Trinajstić information content (AvgIpc) is 2.29. The summed E-state index contributed by atoms with van der Waals surface area (Å²) >= 11 is 6.02. The lowest BCUT2D eigenvalue weighted by Crippen LogP contribution is -2.46. The number of carbonyl (C=O) groups excluding carboxylic acids is 2. The van der Waals surface area contributed by atoms with E-state index in [1.807, 2.05) is 0 Å². The number of hydrogen-bond donors (Lipinski definition) is 0. The number of halogens is 1. The van der Waals surface area contributed by atoms with Crippen LogP contribution in [0.1, 0.15) is 22.8 Å². The van der Waals surface area contributed by atoms with E-state index >= 15 is 0 Å². The minimum Gasteiger partial charge on any atom is -0.466 e. The van der Waals surface area contributed by atoms with Gasteiger partial charge in [0.05, 0.1) is 12.7 Å². The summed E-state index contributed by atoms with van der Waals surface area (Å²) in [5, 5.41) is 0.453. The van der Waals surface area contributed by atoms with Crippen LogP contribution < -0.4 is 0 Å². The van der Waals surface area contributed by atoms with Crippen molar-refractivity contribution in [2.45, 2.75) is 18.9 Å². The third-order valence-corrected chi connectivity index (χ3v) is 3.14. The first kappa shape index (κ1) is 11.9. The first-order valence-corrected chi connectivity index (χ1v) is 5.45. The lowest BCUT2D eigenvalue weighted by atomic mass is 9.90. The first-order valence-electron chi connectivity index (χ1n) is 5.07. The number of rotatable bonds is 1. The van der Waals surface area contributed by atoms with E-state index in [4.69, 9.17) is 16.3 Å². The van der Waals surface area contributed by atoms with Crippen molar-refractivity contribution in [2.75, 3.05) is 7.11 Å². The smallest absolute Gasteiger partial charge is 0.350 e. The Kier molecular flexibility index (Phi) is 2.83. The molecule has 0 aliphatic carbocycles. The molecule has 1 aliphatic heterocycles. The number of cyclic esters (lactones) is 1. The molecule has 2 rings (SSSR count). The van der Waals surface area contributed by atoms with Crippen LogP contribution in [-0.4, -0.2) is 24.6 Å². The van der Waals surface area contributed by atoms with Gasteiger partial charge in [-0.05, 0) is 24.6 Å². The predicted molar refractivity (Wildman–Crippen MR) is 61.0 cm³/mol. The Morgan fingerprint density at radius 1 is 1.53 bits per heavy atom. The van der Waals surface area contributed by atoms with Gasteiger partial charge < -0.3 is 9.47 Å². The third kappa shape index (κ3) is 1.89. The molecule has 0 aromatic heterocycles. The number of ether oxygens (including phenoxy) is 2. The molecule has 1 unspecified atom stereocenters. The van der Waals surface area contributed by atoms with E-state index in [1.54, 1.807) is 18.2 Å². The van der Waals surface area contributed by atoms with E-state index in [0.29, 0.717) is 16.1 Å². The molecule has 0 saturated heterocycles. The molecule has 4 nitrogen and oxygen atoms in total. The largest absolute Gasteiger partial charge is 0.466 e. The van der Waals surface area contributed by atoms with Gasteiger partial charge in [-0.15, -0.1) is 0 Å². The molecule has 0 spiro atoms. The minimum atomic E-state index is -1.30. The molecule has 17 heavy (non-hydrogen) atoms. The van der Waals surface area contributed by atoms with Crippen LogP contribution in [0.25, 0.3) is 0 Å². The van der Waals surface area contributed by atoms with E-state index in [9.17, 15) is 9.59 Å². The molecule has 0 radical (unpaired) electrons. The van der Waals surface area contributed by atoms with Crippen molar-refractivity contribution in [1.82, 2.24) is 0 Å². The fourth-order valence-corrected chi connectivity index (χ4v) is 2.13. The number of benzene rings is 1. The fourth-order valence-electron chi connectivity index (χ4n) is 1.89. The molecule has 0 amide bonds. The molecule has 1 aliphatic rings. The van der Waals surface area contributed by atoms with Gasteiger partial charge in [0.25, 0.3) is 0 Å². The van der Waals surface area contributed by atoms with Crippen LogP contribution in [0.3, 0.4) is 0 Å². The quantitative estimate of drug-likeness (QED) is 0.719. The van der Waals surface area contributed by atoms with Crippen LogP contribution in [0, 0.1) is 0 Å². The van der Waals surface area contributed by atoms with Gasteiger partial charge in [-0.3, -0.25) is 0 Å². The summed E-state index contributed by atoms with van der Waals surface area (Å²) in [5.74, 6) is -1.14. The van der Waals surface area contributed by atoms with Crippen LogP contribution in [0.4, 0.5) is 0 Å². The van der Waals surface area contributed by atoms with Crippen LogP contribution in [-0.2, 0) is 20.7 Å². The van der Waals surface area contributed by atoms with Crippen molar-refractivity contribution in [2.24, 2.45) is 0 Å². The normalized spacial score (nSPS) is 22.6. The number of carbonyl (C=O) groups is 2. The van der Waals surface area contributed by atoms with Crippen molar-refractivity contribution in [3.8, 4) is 0 Å². The van der Waals surface area contributed by atoms with Crippen LogP contribution in [0.2, 0.25) is 5.02 Å². The maximum Gasteiger partial charge on any atom is 0.350 e. The van der Waals surface area contributed by atoms with E-state index in [0.717, 1.165) is 0 Å². The molecule has 1 aromatic carbocycles. The lowest BCUT2D eigenvalue weighted by molar-refractivity contribution is -0.161. The Morgan fingerprint density at radius 3 is 2.88 bits per heavy atom. The summed E-state index contributed by atoms with van der Waals surface area (Å²) in [4.78, 5) is 23.4. The Bertz CT molecular complexity index is 497. The first-order chi connectivity index (χ1) is 7.98. The van der Waals surface area contributed by atoms with Gasteiger partial charge in [-0.1, -0.05) is 17.7 Å². The Hall–Kier alpha value is -1.55. The predicted octanol–water partition coefficient (Wildman–Crippen LogP) is 1.98. The highest BCUT2D eigenvalue weighted by molar-refractivity contribution is 6.32. The second-order valence-electron chi connectivity index (χ2n) is 4.05. The molecule has 1 atom stereocenters. The van der Waals surface area contributed by atoms with Gasteiger partial charge in [0, 0.05) is 11.4 Å². The third-order valence-electron chi connectivity index (χ3n) is 2.79. The highest BCUT2D eigenvalue weighted by atomic mass is 35.5. The topological polar surface area (TPSA) is 52.6 Å². The standard InChI is InChI=1S/C12H11ClO4/c1-12(11(15)16-2)6-8-7(10(14)17-12)4-3-5-9(8)13/h3-5H,6H2,1-2H3. The highest BCUT2D eigenvalue weighted by Gasteiger charge is 2.44. The maximum atomic E-state index is 11.8. The summed E-state index contributed by atoms with van der Waals surface area (Å²) in [6, 6.07) is 4.97. The van der Waals surface area contributed by atoms with Crippen molar-refractivity contribution in [1.29, 1.82) is 0 Å². The lowest BCUT2D eigenvalue weighted by Gasteiger charge is -2.32. The minimum absolute atomic E-state index is 0.223. The summed E-state index contributed by atoms with van der Waals surface area (Å²) in [6.45, 7) is 1.52. The monoisotopic (exact) mass is 254 g/mol. The average molecular weight is 255 g/mol. The second kappa shape index (κ2) is 4.04. The molecule has 0 bridgehead atoms. The zero-order chi connectivity index (χ0) is 12.6. The maximum absolute atomic E-state index is 11.8. The van der Waals surface area contributed by atoms with Crippen molar-refractivity contribution in [3.05, 3.63) is 34.3 Å². The van der Waals surface area contributed by atoms with Crippen LogP contribution >= 0.6 is 11.6 Å². The van der Waals surface area contributed by atoms with Crippen molar-refractivity contribution < 1.29 is 19.1 Å². The van der Waals surface area contributed by atoms with Gasteiger partial charge in [-0.25, -0.2) is 9.59 Å². The van der Waals surface area contributed by atoms with E-state index < -0.39 is 17.5 Å². The molecule has 0 saturated carbocycles. The van der Waals surface area contributed by atoms with Gasteiger partial charge in [0.15, 0.2) is 0 Å². The summed E-state index contributed by atoms with van der Waals surface area (Å²) in [7, 11) is 1.25. The zero-order valence-corrected chi connectivity index (χ0v) is 10.2. The van der Waals surface area contributed by atoms with Gasteiger partial charge in [0.2, 0.25) is 5.60 Å². The number of methoxy groups -OCH3 is 1. The SMILES string of the molecule is COC(=O)C1(C)Cc2c(Cl)cccc2C(=O)O1. The molecular weight excluding hydrogens is 244 g/mol. The van der Waals surface area contributed by atoms with Gasteiger partial charge in [-0.2, -0.15) is 0 Å². The fraction of sp³-hybridized carbons (Fsp3) is 0.333. The highest BCUT2D eigenvalue weighted by Crippen LogP contribution is 2.33. The Morgan fingerprint density at radius 2 is 2.24 bits per heavy atom. The zero-order valence-electron chi connectivity index (χ0n) is 9.45.